The molecule has 1 amide bonds. The Morgan fingerprint density at radius 2 is 1.70 bits per heavy atom. The van der Waals surface area contributed by atoms with Crippen molar-refractivity contribution in [2.75, 3.05) is 14.1 Å². The summed E-state index contributed by atoms with van der Waals surface area (Å²) in [5.74, 6) is -0.910. The maximum absolute atomic E-state index is 12.2. The van der Waals surface area contributed by atoms with Gasteiger partial charge in [0.2, 0.25) is 0 Å². The molecule has 1 aromatic heterocycles. The highest BCUT2D eigenvalue weighted by Gasteiger charge is 2.29. The molecule has 0 aliphatic heterocycles. The molecule has 1 heterocycles. The fourth-order valence-corrected chi connectivity index (χ4v) is 2.18. The molecule has 0 spiro atoms. The average Bonchev–Trinajstić information content (AvgIpc) is 2.49. The van der Waals surface area contributed by atoms with Crippen LogP contribution < -0.4 is 5.56 Å². The van der Waals surface area contributed by atoms with Gasteiger partial charge in [-0.25, -0.2) is 4.68 Å². The molecule has 0 N–H and O–H groups in total. The third-order valence-electron chi connectivity index (χ3n) is 3.48. The van der Waals surface area contributed by atoms with Gasteiger partial charge in [0, 0.05) is 25.7 Å². The Morgan fingerprint density at radius 1 is 1.09 bits per heavy atom. The van der Waals surface area contributed by atoms with Crippen molar-refractivity contribution < 1.29 is 9.59 Å². The number of ketones is 1. The number of aryl methyl sites for hydroxylation is 1. The molecule has 2 aromatic rings. The topological polar surface area (TPSA) is 72.3 Å². The molecule has 0 aliphatic rings. The normalized spacial score (nSPS) is 11.8. The van der Waals surface area contributed by atoms with Crippen LogP contribution in [0.1, 0.15) is 18.5 Å². The SMILES string of the molecule is CC(=O)C(C(=O)N(C)C)n1nc(-c2ccc(C)cc2)ccc1=O. The molecule has 0 fully saturated rings. The zero-order valence-electron chi connectivity index (χ0n) is 13.6. The first-order valence-electron chi connectivity index (χ1n) is 7.20. The van der Waals surface area contributed by atoms with Crippen LogP contribution in [0.3, 0.4) is 0 Å². The smallest absolute Gasteiger partial charge is 0.267 e. The second-order valence-corrected chi connectivity index (χ2v) is 5.61. The van der Waals surface area contributed by atoms with Gasteiger partial charge in [-0.2, -0.15) is 5.10 Å². The molecule has 6 nitrogen and oxygen atoms in total. The van der Waals surface area contributed by atoms with Crippen LogP contribution in [-0.4, -0.2) is 40.5 Å². The second-order valence-electron chi connectivity index (χ2n) is 5.61. The van der Waals surface area contributed by atoms with Crippen molar-refractivity contribution in [1.29, 1.82) is 0 Å². The summed E-state index contributed by atoms with van der Waals surface area (Å²) in [6.07, 6.45) is 0. The molecule has 120 valence electrons. The van der Waals surface area contributed by atoms with E-state index in [1.807, 2.05) is 31.2 Å². The first-order chi connectivity index (χ1) is 10.8. The van der Waals surface area contributed by atoms with Crippen molar-refractivity contribution in [2.24, 2.45) is 0 Å². The standard InChI is InChI=1S/C17H19N3O3/c1-11-5-7-13(8-6-11)14-9-10-15(22)20(18-14)16(12(2)21)17(23)19(3)4/h5-10,16H,1-4H3. The van der Waals surface area contributed by atoms with E-state index in [-0.39, 0.29) is 0 Å². The Labute approximate surface area is 134 Å². The van der Waals surface area contributed by atoms with Gasteiger partial charge < -0.3 is 4.90 Å². The highest BCUT2D eigenvalue weighted by Crippen LogP contribution is 2.17. The lowest BCUT2D eigenvalue weighted by atomic mass is 10.1. The number of Topliss-reactive ketones (excluding diaryl/α,β-unsaturated/α-hetero) is 1. The molecular formula is C17H19N3O3. The number of hydrogen-bond acceptors (Lipinski definition) is 4. The fourth-order valence-electron chi connectivity index (χ4n) is 2.18. The Balaban J connectivity index is 2.55. The summed E-state index contributed by atoms with van der Waals surface area (Å²) in [6.45, 7) is 3.25. The van der Waals surface area contributed by atoms with Crippen molar-refractivity contribution >= 4 is 11.7 Å². The molecule has 0 saturated heterocycles. The Kier molecular flexibility index (Phi) is 4.74. The second kappa shape index (κ2) is 6.56. The molecule has 1 atom stereocenters. The van der Waals surface area contributed by atoms with Crippen molar-refractivity contribution in [1.82, 2.24) is 14.7 Å². The van der Waals surface area contributed by atoms with Crippen molar-refractivity contribution in [2.45, 2.75) is 19.9 Å². The van der Waals surface area contributed by atoms with Gasteiger partial charge in [0.25, 0.3) is 11.5 Å². The van der Waals surface area contributed by atoms with Crippen molar-refractivity contribution in [3.05, 3.63) is 52.3 Å². The van der Waals surface area contributed by atoms with E-state index in [9.17, 15) is 14.4 Å². The quantitative estimate of drug-likeness (QED) is 0.801. The highest BCUT2D eigenvalue weighted by molar-refractivity contribution is 6.02. The van der Waals surface area contributed by atoms with Crippen LogP contribution in [0.15, 0.2) is 41.2 Å². The van der Waals surface area contributed by atoms with Crippen LogP contribution in [0.2, 0.25) is 0 Å². The minimum atomic E-state index is -1.25. The monoisotopic (exact) mass is 313 g/mol. The number of carbonyl (C=O) groups excluding carboxylic acids is 2. The maximum atomic E-state index is 12.2. The number of amides is 1. The van der Waals surface area contributed by atoms with Crippen molar-refractivity contribution in [3.63, 3.8) is 0 Å². The number of rotatable bonds is 4. The third-order valence-corrected chi connectivity index (χ3v) is 3.48. The van der Waals surface area contributed by atoms with Crippen LogP contribution in [-0.2, 0) is 9.59 Å². The lowest BCUT2D eigenvalue weighted by molar-refractivity contribution is -0.138. The fraction of sp³-hybridized carbons (Fsp3) is 0.294. The molecule has 0 aliphatic carbocycles. The van der Waals surface area contributed by atoms with Crippen LogP contribution in [0.5, 0.6) is 0 Å². The highest BCUT2D eigenvalue weighted by atomic mass is 16.2. The predicted molar refractivity (Wildman–Crippen MR) is 87.1 cm³/mol. The van der Waals surface area contributed by atoms with Crippen LogP contribution in [0.4, 0.5) is 0 Å². The summed E-state index contributed by atoms with van der Waals surface area (Å²) >= 11 is 0. The van der Waals surface area contributed by atoms with Crippen molar-refractivity contribution in [3.8, 4) is 11.3 Å². The predicted octanol–water partition coefficient (Wildman–Crippen LogP) is 1.44. The Bertz CT molecular complexity index is 791. The van der Waals surface area contributed by atoms with Gasteiger partial charge in [-0.1, -0.05) is 29.8 Å². The van der Waals surface area contributed by atoms with Crippen LogP contribution >= 0.6 is 0 Å². The number of hydrogen-bond donors (Lipinski definition) is 0. The van der Waals surface area contributed by atoms with Gasteiger partial charge in [-0.3, -0.25) is 14.4 Å². The Hall–Kier alpha value is -2.76. The van der Waals surface area contributed by atoms with Gasteiger partial charge >= 0.3 is 0 Å². The molecule has 6 heteroatoms. The molecular weight excluding hydrogens is 294 g/mol. The lowest BCUT2D eigenvalue weighted by Crippen LogP contribution is -2.41. The average molecular weight is 313 g/mol. The van der Waals surface area contributed by atoms with E-state index < -0.39 is 23.3 Å². The first-order valence-corrected chi connectivity index (χ1v) is 7.20. The minimum absolute atomic E-state index is 0.431. The van der Waals surface area contributed by atoms with E-state index in [0.29, 0.717) is 5.69 Å². The van der Waals surface area contributed by atoms with Gasteiger partial charge in [0.1, 0.15) is 0 Å². The molecule has 0 bridgehead atoms. The van der Waals surface area contributed by atoms with Gasteiger partial charge in [0.15, 0.2) is 11.8 Å². The van der Waals surface area contributed by atoms with Crippen LogP contribution in [0.25, 0.3) is 11.3 Å². The summed E-state index contributed by atoms with van der Waals surface area (Å²) in [5, 5.41) is 4.23. The van der Waals surface area contributed by atoms with E-state index in [0.717, 1.165) is 15.8 Å². The summed E-state index contributed by atoms with van der Waals surface area (Å²) in [4.78, 5) is 37.5. The maximum Gasteiger partial charge on any atom is 0.267 e. The third kappa shape index (κ3) is 3.53. The number of carbonyl (C=O) groups is 2. The molecule has 1 unspecified atom stereocenters. The Morgan fingerprint density at radius 3 is 2.22 bits per heavy atom. The number of aromatic nitrogens is 2. The summed E-state index contributed by atoms with van der Waals surface area (Å²) in [5.41, 5.74) is 1.95. The van der Waals surface area contributed by atoms with E-state index in [2.05, 4.69) is 5.10 Å². The minimum Gasteiger partial charge on any atom is -0.347 e. The van der Waals surface area contributed by atoms with Gasteiger partial charge in [-0.15, -0.1) is 0 Å². The number of benzene rings is 1. The van der Waals surface area contributed by atoms with Crippen LogP contribution in [0, 0.1) is 6.92 Å². The van der Waals surface area contributed by atoms with Gasteiger partial charge in [0.05, 0.1) is 5.69 Å². The summed E-state index contributed by atoms with van der Waals surface area (Å²) in [6, 6.07) is 9.27. The summed E-state index contributed by atoms with van der Waals surface area (Å²) in [7, 11) is 3.07. The zero-order valence-corrected chi connectivity index (χ0v) is 13.6. The molecule has 23 heavy (non-hydrogen) atoms. The molecule has 2 rings (SSSR count). The molecule has 0 radical (unpaired) electrons. The van der Waals surface area contributed by atoms with Gasteiger partial charge in [-0.05, 0) is 19.9 Å². The zero-order chi connectivity index (χ0) is 17.1. The number of nitrogens with zero attached hydrogens (tertiary/aromatic N) is 3. The van der Waals surface area contributed by atoms with E-state index in [1.54, 1.807) is 6.07 Å². The van der Waals surface area contributed by atoms with E-state index in [1.165, 1.54) is 32.0 Å². The lowest BCUT2D eigenvalue weighted by Gasteiger charge is -2.19. The largest absolute Gasteiger partial charge is 0.347 e. The first kappa shape index (κ1) is 16.6. The van der Waals surface area contributed by atoms with E-state index >= 15 is 0 Å². The molecule has 1 aromatic carbocycles. The summed E-state index contributed by atoms with van der Waals surface area (Å²) < 4.78 is 0.958. The number of likely N-dealkylation sites (N-methyl/N-ethyl adjacent to an activating group) is 1. The van der Waals surface area contributed by atoms with E-state index in [4.69, 9.17) is 0 Å². The molecule has 0 saturated carbocycles.